The van der Waals surface area contributed by atoms with E-state index >= 15 is 0 Å². The summed E-state index contributed by atoms with van der Waals surface area (Å²) in [5, 5.41) is 15.7. The summed E-state index contributed by atoms with van der Waals surface area (Å²) in [6, 6.07) is 1.77. The molecule has 1 aromatic heterocycles. The van der Waals surface area contributed by atoms with Crippen LogP contribution in [0.5, 0.6) is 0 Å². The van der Waals surface area contributed by atoms with Crippen LogP contribution in [0, 0.1) is 0 Å². The predicted octanol–water partition coefficient (Wildman–Crippen LogP) is 1.92. The van der Waals surface area contributed by atoms with E-state index in [2.05, 4.69) is 10.4 Å². The van der Waals surface area contributed by atoms with Crippen LogP contribution in [0.4, 0.5) is 0 Å². The van der Waals surface area contributed by atoms with Crippen LogP contribution in [-0.4, -0.2) is 32.3 Å². The second-order valence-electron chi connectivity index (χ2n) is 5.96. The average Bonchev–Trinajstić information content (AvgIpc) is 2.68. The summed E-state index contributed by atoms with van der Waals surface area (Å²) in [6.07, 6.45) is 0.394. The molecule has 0 aliphatic carbocycles. The Bertz CT molecular complexity index is 504. The zero-order valence-electron chi connectivity index (χ0n) is 12.7. The summed E-state index contributed by atoms with van der Waals surface area (Å²) in [6.45, 7) is 7.69. The first-order valence-electron chi connectivity index (χ1n) is 6.70. The normalized spacial score (nSPS) is 11.7. The molecule has 0 spiro atoms. The fraction of sp³-hybridized carbons (Fsp3) is 0.643. The van der Waals surface area contributed by atoms with Crippen LogP contribution in [0.3, 0.4) is 0 Å². The van der Waals surface area contributed by atoms with E-state index in [-0.39, 0.29) is 18.2 Å². The Morgan fingerprint density at radius 1 is 1.45 bits per heavy atom. The quantitative estimate of drug-likeness (QED) is 0.834. The van der Waals surface area contributed by atoms with Crippen molar-refractivity contribution >= 4 is 11.9 Å². The lowest BCUT2D eigenvalue weighted by molar-refractivity contribution is -0.137. The first-order valence-corrected chi connectivity index (χ1v) is 6.70. The van der Waals surface area contributed by atoms with Crippen LogP contribution in [0.25, 0.3) is 0 Å². The van der Waals surface area contributed by atoms with Gasteiger partial charge in [-0.25, -0.2) is 0 Å². The first kappa shape index (κ1) is 16.2. The molecule has 0 aromatic carbocycles. The minimum atomic E-state index is -0.868. The largest absolute Gasteiger partial charge is 0.481 e. The summed E-state index contributed by atoms with van der Waals surface area (Å²) in [7, 11) is 1.81. The highest BCUT2D eigenvalue weighted by Crippen LogP contribution is 2.16. The van der Waals surface area contributed by atoms with Gasteiger partial charge >= 0.3 is 5.97 Å². The van der Waals surface area contributed by atoms with Gasteiger partial charge in [0.15, 0.2) is 0 Å². The van der Waals surface area contributed by atoms with Gasteiger partial charge in [0.25, 0.3) is 5.91 Å². The zero-order chi connectivity index (χ0) is 15.5. The molecule has 0 fully saturated rings. The highest BCUT2D eigenvalue weighted by atomic mass is 16.4. The van der Waals surface area contributed by atoms with E-state index in [1.165, 1.54) is 0 Å². The van der Waals surface area contributed by atoms with E-state index < -0.39 is 11.5 Å². The summed E-state index contributed by atoms with van der Waals surface area (Å²) < 4.78 is 1.70. The van der Waals surface area contributed by atoms with Gasteiger partial charge in [-0.2, -0.15) is 5.10 Å². The van der Waals surface area contributed by atoms with Crippen molar-refractivity contribution in [3.8, 4) is 0 Å². The highest BCUT2D eigenvalue weighted by molar-refractivity contribution is 5.92. The minimum absolute atomic E-state index is 0.0206. The molecule has 0 saturated heterocycles. The molecule has 0 saturated carbocycles. The van der Waals surface area contributed by atoms with Gasteiger partial charge in [0.05, 0.1) is 0 Å². The maximum absolute atomic E-state index is 12.2. The molecule has 20 heavy (non-hydrogen) atoms. The summed E-state index contributed by atoms with van der Waals surface area (Å²) in [4.78, 5) is 22.8. The number of aryl methyl sites for hydroxylation is 1. The highest BCUT2D eigenvalue weighted by Gasteiger charge is 2.24. The molecule has 0 atom stereocenters. The molecule has 0 aliphatic heterocycles. The molecule has 112 valence electrons. The van der Waals surface area contributed by atoms with E-state index in [9.17, 15) is 9.59 Å². The van der Waals surface area contributed by atoms with Crippen molar-refractivity contribution in [2.45, 2.75) is 52.0 Å². The molecule has 0 radical (unpaired) electrons. The standard InChI is InChI=1S/C14H23N3O3/c1-9(2)11-8-10(16-17(11)5)13(20)15-14(3,4)7-6-12(18)19/h8-9H,6-7H2,1-5H3,(H,15,20)(H,18,19). The second kappa shape index (κ2) is 6.07. The van der Waals surface area contributed by atoms with Crippen molar-refractivity contribution < 1.29 is 14.7 Å². The van der Waals surface area contributed by atoms with E-state index in [1.54, 1.807) is 24.6 Å². The van der Waals surface area contributed by atoms with Gasteiger partial charge in [0, 0.05) is 24.7 Å². The number of nitrogens with one attached hydrogen (secondary N) is 1. The number of hydrogen-bond donors (Lipinski definition) is 2. The first-order chi connectivity index (χ1) is 9.12. The molecular formula is C14H23N3O3. The summed E-state index contributed by atoms with van der Waals surface area (Å²) in [5.74, 6) is -0.857. The number of rotatable bonds is 6. The fourth-order valence-corrected chi connectivity index (χ4v) is 1.99. The third kappa shape index (κ3) is 4.36. The number of amides is 1. The Kier molecular flexibility index (Phi) is 4.92. The van der Waals surface area contributed by atoms with Crippen LogP contribution in [-0.2, 0) is 11.8 Å². The van der Waals surface area contributed by atoms with E-state index in [4.69, 9.17) is 5.11 Å². The smallest absolute Gasteiger partial charge is 0.303 e. The number of carbonyl (C=O) groups is 2. The molecule has 2 N–H and O–H groups in total. The lowest BCUT2D eigenvalue weighted by atomic mass is 9.98. The van der Waals surface area contributed by atoms with Gasteiger partial charge < -0.3 is 10.4 Å². The lowest BCUT2D eigenvalue weighted by Gasteiger charge is -2.25. The molecule has 0 aliphatic rings. The fourth-order valence-electron chi connectivity index (χ4n) is 1.99. The molecule has 0 bridgehead atoms. The van der Waals surface area contributed by atoms with Crippen molar-refractivity contribution in [3.63, 3.8) is 0 Å². The predicted molar refractivity (Wildman–Crippen MR) is 75.7 cm³/mol. The van der Waals surface area contributed by atoms with Crippen LogP contribution in [0.2, 0.25) is 0 Å². The number of aliphatic carboxylic acids is 1. The van der Waals surface area contributed by atoms with Gasteiger partial charge in [0.2, 0.25) is 0 Å². The Balaban J connectivity index is 2.75. The van der Waals surface area contributed by atoms with Gasteiger partial charge in [-0.1, -0.05) is 13.8 Å². The van der Waals surface area contributed by atoms with E-state index in [0.717, 1.165) is 5.69 Å². The third-order valence-corrected chi connectivity index (χ3v) is 3.16. The van der Waals surface area contributed by atoms with Gasteiger partial charge in [-0.05, 0) is 32.3 Å². The molecule has 6 heteroatoms. The minimum Gasteiger partial charge on any atom is -0.481 e. The molecular weight excluding hydrogens is 258 g/mol. The van der Waals surface area contributed by atoms with Crippen molar-refractivity contribution in [2.75, 3.05) is 0 Å². The third-order valence-electron chi connectivity index (χ3n) is 3.16. The Morgan fingerprint density at radius 3 is 2.50 bits per heavy atom. The Morgan fingerprint density at radius 2 is 2.05 bits per heavy atom. The molecule has 6 nitrogen and oxygen atoms in total. The van der Waals surface area contributed by atoms with Crippen molar-refractivity contribution in [1.29, 1.82) is 0 Å². The number of carboxylic acids is 1. The van der Waals surface area contributed by atoms with Crippen molar-refractivity contribution in [2.24, 2.45) is 7.05 Å². The maximum atomic E-state index is 12.2. The van der Waals surface area contributed by atoms with Crippen molar-refractivity contribution in [3.05, 3.63) is 17.5 Å². The van der Waals surface area contributed by atoms with E-state index in [0.29, 0.717) is 12.1 Å². The number of hydrogen-bond acceptors (Lipinski definition) is 3. The van der Waals surface area contributed by atoms with Crippen LogP contribution in [0.1, 0.15) is 62.6 Å². The number of carbonyl (C=O) groups excluding carboxylic acids is 1. The molecule has 1 heterocycles. The SMILES string of the molecule is CC(C)c1cc(C(=O)NC(C)(C)CCC(=O)O)nn1C. The Hall–Kier alpha value is -1.85. The van der Waals surface area contributed by atoms with Crippen LogP contribution >= 0.6 is 0 Å². The van der Waals surface area contributed by atoms with Gasteiger partial charge in [0.1, 0.15) is 5.69 Å². The molecule has 1 amide bonds. The number of aromatic nitrogens is 2. The average molecular weight is 281 g/mol. The molecule has 1 rings (SSSR count). The zero-order valence-corrected chi connectivity index (χ0v) is 12.7. The maximum Gasteiger partial charge on any atom is 0.303 e. The van der Waals surface area contributed by atoms with E-state index in [1.807, 2.05) is 20.9 Å². The van der Waals surface area contributed by atoms with Crippen LogP contribution < -0.4 is 5.32 Å². The number of carboxylic acid groups (broad SMARTS) is 1. The van der Waals surface area contributed by atoms with Gasteiger partial charge in [-0.3, -0.25) is 14.3 Å². The summed E-state index contributed by atoms with van der Waals surface area (Å²) >= 11 is 0. The Labute approximate surface area is 119 Å². The monoisotopic (exact) mass is 281 g/mol. The number of nitrogens with zero attached hydrogens (tertiary/aromatic N) is 2. The molecule has 1 aromatic rings. The molecule has 0 unspecified atom stereocenters. The van der Waals surface area contributed by atoms with Crippen LogP contribution in [0.15, 0.2) is 6.07 Å². The summed E-state index contributed by atoms with van der Waals surface area (Å²) in [5.41, 5.74) is 0.767. The topological polar surface area (TPSA) is 84.2 Å². The van der Waals surface area contributed by atoms with Gasteiger partial charge in [-0.15, -0.1) is 0 Å². The lowest BCUT2D eigenvalue weighted by Crippen LogP contribution is -2.43. The van der Waals surface area contributed by atoms with Crippen molar-refractivity contribution in [1.82, 2.24) is 15.1 Å². The second-order valence-corrected chi connectivity index (χ2v) is 5.96.